The van der Waals surface area contributed by atoms with Gasteiger partial charge < -0.3 is 14.8 Å². The van der Waals surface area contributed by atoms with Crippen molar-refractivity contribution in [1.82, 2.24) is 5.32 Å². The van der Waals surface area contributed by atoms with E-state index >= 15 is 0 Å². The van der Waals surface area contributed by atoms with E-state index in [2.05, 4.69) is 5.32 Å². The number of methoxy groups -OCH3 is 1. The van der Waals surface area contributed by atoms with Crippen LogP contribution < -0.4 is 14.8 Å². The lowest BCUT2D eigenvalue weighted by Crippen LogP contribution is -2.22. The van der Waals surface area contributed by atoms with Gasteiger partial charge >= 0.3 is 0 Å². The maximum atomic E-state index is 6.21. The number of benzene rings is 3. The molecular weight excluding hydrogens is 378 g/mol. The molecule has 3 nitrogen and oxygen atoms in total. The van der Waals surface area contributed by atoms with Gasteiger partial charge in [-0.25, -0.2) is 0 Å². The molecule has 0 radical (unpaired) electrons. The molecule has 0 aliphatic carbocycles. The molecular formula is C22H20ClNO2S. The van der Waals surface area contributed by atoms with Gasteiger partial charge in [0.25, 0.3) is 0 Å². The molecule has 0 saturated carbocycles. The predicted octanol–water partition coefficient (Wildman–Crippen LogP) is 5.39. The Morgan fingerprint density at radius 3 is 2.26 bits per heavy atom. The maximum Gasteiger partial charge on any atom is 0.129 e. The van der Waals surface area contributed by atoms with Crippen LogP contribution in [0.25, 0.3) is 0 Å². The summed E-state index contributed by atoms with van der Waals surface area (Å²) < 4.78 is 11.4. The molecule has 0 fully saturated rings. The second-order valence-corrected chi connectivity index (χ2v) is 6.69. The molecule has 138 valence electrons. The number of rotatable bonds is 7. The first kappa shape index (κ1) is 19.2. The van der Waals surface area contributed by atoms with Crippen LogP contribution in [0, 0.1) is 0 Å². The van der Waals surface area contributed by atoms with Crippen LogP contribution in [-0.2, 0) is 13.2 Å². The molecule has 0 heterocycles. The van der Waals surface area contributed by atoms with E-state index in [1.54, 1.807) is 7.11 Å². The minimum absolute atomic E-state index is 0.381. The lowest BCUT2D eigenvalue weighted by molar-refractivity contribution is 0.305. The fourth-order valence-corrected chi connectivity index (χ4v) is 3.10. The summed E-state index contributed by atoms with van der Waals surface area (Å²) in [5.41, 5.74) is 2.81. The third-order valence-corrected chi connectivity index (χ3v) is 4.84. The maximum absolute atomic E-state index is 6.21. The Kier molecular flexibility index (Phi) is 6.69. The summed E-state index contributed by atoms with van der Waals surface area (Å²) in [7, 11) is 1.66. The third kappa shape index (κ3) is 5.00. The van der Waals surface area contributed by atoms with E-state index in [0.717, 1.165) is 28.2 Å². The van der Waals surface area contributed by atoms with Gasteiger partial charge in [0.15, 0.2) is 0 Å². The van der Waals surface area contributed by atoms with Crippen molar-refractivity contribution < 1.29 is 9.47 Å². The average Bonchev–Trinajstić information content (AvgIpc) is 2.72. The molecule has 0 amide bonds. The molecule has 3 rings (SSSR count). The van der Waals surface area contributed by atoms with Gasteiger partial charge in [-0.05, 0) is 24.3 Å². The van der Waals surface area contributed by atoms with Crippen molar-refractivity contribution in [3.8, 4) is 11.5 Å². The summed E-state index contributed by atoms with van der Waals surface area (Å²) in [4.78, 5) is 0.621. The fraction of sp³-hybridized carbons (Fsp3) is 0.136. The van der Waals surface area contributed by atoms with Crippen LogP contribution in [0.4, 0.5) is 0 Å². The van der Waals surface area contributed by atoms with Crippen LogP contribution in [0.1, 0.15) is 16.7 Å². The Hall–Kier alpha value is -2.56. The number of hydrogen-bond acceptors (Lipinski definition) is 3. The molecule has 0 saturated heterocycles. The minimum atomic E-state index is 0.381. The molecule has 0 unspecified atom stereocenters. The van der Waals surface area contributed by atoms with E-state index in [9.17, 15) is 0 Å². The van der Waals surface area contributed by atoms with E-state index in [1.165, 1.54) is 0 Å². The van der Waals surface area contributed by atoms with E-state index in [0.29, 0.717) is 23.2 Å². The number of hydrogen-bond donors (Lipinski definition) is 1. The van der Waals surface area contributed by atoms with Crippen molar-refractivity contribution in [3.05, 3.63) is 94.5 Å². The average molecular weight is 398 g/mol. The summed E-state index contributed by atoms with van der Waals surface area (Å²) >= 11 is 11.8. The Bertz CT molecular complexity index is 929. The van der Waals surface area contributed by atoms with Crippen molar-refractivity contribution in [1.29, 1.82) is 0 Å². The second-order valence-electron chi connectivity index (χ2n) is 5.87. The highest BCUT2D eigenvalue weighted by atomic mass is 35.5. The van der Waals surface area contributed by atoms with Crippen LogP contribution in [0.5, 0.6) is 11.5 Å². The molecule has 0 spiro atoms. The van der Waals surface area contributed by atoms with Crippen molar-refractivity contribution in [2.45, 2.75) is 13.2 Å². The zero-order chi connectivity index (χ0) is 19.1. The zero-order valence-corrected chi connectivity index (χ0v) is 16.5. The quantitative estimate of drug-likeness (QED) is 0.541. The Labute approximate surface area is 169 Å². The number of para-hydroxylation sites is 2. The van der Waals surface area contributed by atoms with E-state index in [4.69, 9.17) is 33.3 Å². The lowest BCUT2D eigenvalue weighted by atomic mass is 10.1. The number of halogens is 1. The van der Waals surface area contributed by atoms with Crippen LogP contribution in [0.2, 0.25) is 5.02 Å². The lowest BCUT2D eigenvalue weighted by Gasteiger charge is -2.15. The molecule has 0 aliphatic rings. The van der Waals surface area contributed by atoms with Gasteiger partial charge in [-0.3, -0.25) is 0 Å². The third-order valence-electron chi connectivity index (χ3n) is 4.10. The summed E-state index contributed by atoms with van der Waals surface area (Å²) in [6.07, 6.45) is 0. The van der Waals surface area contributed by atoms with Crippen LogP contribution in [0.15, 0.2) is 72.8 Å². The Morgan fingerprint density at radius 2 is 1.52 bits per heavy atom. The van der Waals surface area contributed by atoms with Crippen molar-refractivity contribution in [2.75, 3.05) is 7.11 Å². The molecule has 0 aromatic heterocycles. The number of thiocarbonyl (C=S) groups is 1. The van der Waals surface area contributed by atoms with Crippen molar-refractivity contribution in [2.24, 2.45) is 0 Å². The smallest absolute Gasteiger partial charge is 0.129 e. The van der Waals surface area contributed by atoms with E-state index in [-0.39, 0.29) is 0 Å². The first-order valence-electron chi connectivity index (χ1n) is 8.54. The van der Waals surface area contributed by atoms with Crippen LogP contribution in [0.3, 0.4) is 0 Å². The summed E-state index contributed by atoms with van der Waals surface area (Å²) in [5.74, 6) is 1.55. The summed E-state index contributed by atoms with van der Waals surface area (Å²) in [5, 5.41) is 3.97. The summed E-state index contributed by atoms with van der Waals surface area (Å²) in [6, 6.07) is 23.2. The normalized spacial score (nSPS) is 10.3. The number of nitrogens with one attached hydrogen (secondary N) is 1. The highest BCUT2D eigenvalue weighted by molar-refractivity contribution is 7.80. The van der Waals surface area contributed by atoms with Gasteiger partial charge in [-0.2, -0.15) is 0 Å². The van der Waals surface area contributed by atoms with Gasteiger partial charge in [0.05, 0.1) is 12.7 Å². The fourth-order valence-electron chi connectivity index (χ4n) is 2.67. The first-order chi connectivity index (χ1) is 13.2. The molecule has 5 heteroatoms. The molecule has 0 bridgehead atoms. The van der Waals surface area contributed by atoms with Gasteiger partial charge in [-0.15, -0.1) is 0 Å². The molecule has 3 aromatic rings. The Morgan fingerprint density at radius 1 is 0.889 bits per heavy atom. The molecule has 0 atom stereocenters. The van der Waals surface area contributed by atoms with Gasteiger partial charge in [0, 0.05) is 22.7 Å². The van der Waals surface area contributed by atoms with Crippen LogP contribution >= 0.6 is 23.8 Å². The molecule has 0 aliphatic heterocycles. The highest BCUT2D eigenvalue weighted by Crippen LogP contribution is 2.23. The molecule has 1 N–H and O–H groups in total. The molecule has 27 heavy (non-hydrogen) atoms. The molecule has 3 aromatic carbocycles. The number of ether oxygens (including phenoxy) is 2. The van der Waals surface area contributed by atoms with Crippen molar-refractivity contribution in [3.63, 3.8) is 0 Å². The van der Waals surface area contributed by atoms with Crippen molar-refractivity contribution >= 4 is 28.8 Å². The van der Waals surface area contributed by atoms with E-state index < -0.39 is 0 Å². The van der Waals surface area contributed by atoms with E-state index in [1.807, 2.05) is 72.8 Å². The largest absolute Gasteiger partial charge is 0.496 e. The zero-order valence-electron chi connectivity index (χ0n) is 14.9. The van der Waals surface area contributed by atoms with Gasteiger partial charge in [-0.1, -0.05) is 72.3 Å². The SMILES string of the molecule is COc1ccccc1CNC(=S)c1ccccc1OCc1ccccc1Cl. The highest BCUT2D eigenvalue weighted by Gasteiger charge is 2.10. The van der Waals surface area contributed by atoms with Gasteiger partial charge in [0.2, 0.25) is 0 Å². The monoisotopic (exact) mass is 397 g/mol. The first-order valence-corrected chi connectivity index (χ1v) is 9.33. The predicted molar refractivity (Wildman–Crippen MR) is 114 cm³/mol. The van der Waals surface area contributed by atoms with Gasteiger partial charge in [0.1, 0.15) is 23.1 Å². The second kappa shape index (κ2) is 9.40. The van der Waals surface area contributed by atoms with Crippen LogP contribution in [-0.4, -0.2) is 12.1 Å². The summed E-state index contributed by atoms with van der Waals surface area (Å²) in [6.45, 7) is 0.952. The standard InChI is InChI=1S/C22H20ClNO2S/c1-25-20-12-6-3-8-16(20)14-24-22(27)18-10-4-7-13-21(18)26-15-17-9-2-5-11-19(17)23/h2-13H,14-15H2,1H3,(H,24,27). The minimum Gasteiger partial charge on any atom is -0.496 e. The topological polar surface area (TPSA) is 30.5 Å². The Balaban J connectivity index is 1.69.